The van der Waals surface area contributed by atoms with Gasteiger partial charge < -0.3 is 19.5 Å². The lowest BCUT2D eigenvalue weighted by molar-refractivity contribution is 0.0495. The van der Waals surface area contributed by atoms with Crippen LogP contribution in [0.1, 0.15) is 35.8 Å². The first-order valence-electron chi connectivity index (χ1n) is 8.98. The molecule has 2 N–H and O–H groups in total. The lowest BCUT2D eigenvalue weighted by Gasteiger charge is -2.12. The number of ether oxygens (including phenoxy) is 3. The summed E-state index contributed by atoms with van der Waals surface area (Å²) in [4.78, 5) is 20.8. The van der Waals surface area contributed by atoms with E-state index < -0.39 is 5.97 Å². The van der Waals surface area contributed by atoms with Crippen LogP contribution in [0.4, 0.5) is 5.82 Å². The van der Waals surface area contributed by atoms with Crippen molar-refractivity contribution in [2.45, 2.75) is 26.3 Å². The summed E-state index contributed by atoms with van der Waals surface area (Å²) in [5.74, 6) is 1.40. The Balaban J connectivity index is 1.84. The van der Waals surface area contributed by atoms with E-state index >= 15 is 0 Å². The Morgan fingerprint density at radius 2 is 2.07 bits per heavy atom. The highest BCUT2D eigenvalue weighted by Gasteiger charge is 2.20. The number of anilines is 1. The minimum Gasteiger partial charge on any atom is -0.497 e. The van der Waals surface area contributed by atoms with Crippen LogP contribution in [-0.2, 0) is 11.3 Å². The zero-order chi connectivity index (χ0) is 19.9. The van der Waals surface area contributed by atoms with Crippen molar-refractivity contribution < 1.29 is 19.0 Å². The van der Waals surface area contributed by atoms with Crippen LogP contribution in [0.3, 0.4) is 0 Å². The largest absolute Gasteiger partial charge is 0.497 e. The van der Waals surface area contributed by atoms with Crippen molar-refractivity contribution in [3.8, 4) is 11.5 Å². The number of hydrogen-bond donors (Lipinski definition) is 2. The van der Waals surface area contributed by atoms with Gasteiger partial charge in [0.05, 0.1) is 26.2 Å². The van der Waals surface area contributed by atoms with Gasteiger partial charge in [0.1, 0.15) is 23.6 Å². The normalized spacial score (nSPS) is 10.7. The minimum absolute atomic E-state index is 0.232. The number of benzene rings is 1. The molecule has 28 heavy (non-hydrogen) atoms. The van der Waals surface area contributed by atoms with E-state index in [-0.39, 0.29) is 5.69 Å². The molecule has 2 heterocycles. The number of fused-ring (bicyclic) bond motifs is 1. The van der Waals surface area contributed by atoms with E-state index in [9.17, 15) is 4.79 Å². The van der Waals surface area contributed by atoms with E-state index in [0.717, 1.165) is 18.4 Å². The smallest absolute Gasteiger partial charge is 0.357 e. The second kappa shape index (κ2) is 9.03. The van der Waals surface area contributed by atoms with Crippen LogP contribution in [-0.4, -0.2) is 47.0 Å². The Kier molecular flexibility index (Phi) is 6.25. The molecule has 0 aliphatic rings. The molecule has 0 spiro atoms. The molecule has 148 valence electrons. The third-order valence-corrected chi connectivity index (χ3v) is 4.23. The number of nitrogens with one attached hydrogen (secondary N) is 2. The molecule has 9 heteroatoms. The van der Waals surface area contributed by atoms with E-state index in [2.05, 4.69) is 25.5 Å². The minimum atomic E-state index is -0.476. The van der Waals surface area contributed by atoms with Crippen molar-refractivity contribution in [2.75, 3.05) is 26.1 Å². The first-order chi connectivity index (χ1) is 13.7. The molecule has 2 aromatic heterocycles. The van der Waals surface area contributed by atoms with E-state index in [0.29, 0.717) is 41.5 Å². The maximum atomic E-state index is 12.4. The van der Waals surface area contributed by atoms with Crippen LogP contribution in [0, 0.1) is 0 Å². The second-order valence-corrected chi connectivity index (χ2v) is 6.04. The summed E-state index contributed by atoms with van der Waals surface area (Å²) in [5.41, 5.74) is 1.53. The number of esters is 1. The molecule has 0 unspecified atom stereocenters. The third-order valence-electron chi connectivity index (χ3n) is 4.23. The first kappa shape index (κ1) is 19.4. The number of H-pyrrole nitrogens is 1. The van der Waals surface area contributed by atoms with Crippen LogP contribution >= 0.6 is 0 Å². The SMILES string of the molecule is CCCCOC(=O)c1[nH]nc2ncnc(NCc3ccc(OC)cc3OC)c12. The molecule has 1 aromatic carbocycles. The number of nitrogens with zero attached hydrogens (tertiary/aromatic N) is 3. The van der Waals surface area contributed by atoms with Gasteiger partial charge in [-0.1, -0.05) is 13.3 Å². The van der Waals surface area contributed by atoms with Gasteiger partial charge in [0.25, 0.3) is 0 Å². The average Bonchev–Trinajstić information content (AvgIpc) is 3.17. The molecule has 0 aliphatic heterocycles. The Morgan fingerprint density at radius 1 is 1.21 bits per heavy atom. The lowest BCUT2D eigenvalue weighted by Crippen LogP contribution is -2.09. The van der Waals surface area contributed by atoms with Gasteiger partial charge in [-0.15, -0.1) is 0 Å². The molecule has 0 atom stereocenters. The predicted molar refractivity (Wildman–Crippen MR) is 104 cm³/mol. The molecule has 0 radical (unpaired) electrons. The van der Waals surface area contributed by atoms with Gasteiger partial charge in [-0.05, 0) is 18.6 Å². The molecule has 3 aromatic rings. The standard InChI is InChI=1S/C19H23N5O4/c1-4-5-8-28-19(25)16-15-17(21-11-22-18(15)24-23-16)20-10-12-6-7-13(26-2)9-14(12)27-3/h6-7,9,11H,4-5,8,10H2,1-3H3,(H2,20,21,22,23,24). The van der Waals surface area contributed by atoms with Crippen LogP contribution in [0.2, 0.25) is 0 Å². The topological polar surface area (TPSA) is 111 Å². The molecular formula is C19H23N5O4. The summed E-state index contributed by atoms with van der Waals surface area (Å²) in [7, 11) is 3.20. The fraction of sp³-hybridized carbons (Fsp3) is 0.368. The first-order valence-corrected chi connectivity index (χ1v) is 8.98. The third kappa shape index (κ3) is 4.13. The highest BCUT2D eigenvalue weighted by molar-refractivity contribution is 6.05. The van der Waals surface area contributed by atoms with Gasteiger partial charge in [0.2, 0.25) is 0 Å². The Labute approximate surface area is 162 Å². The monoisotopic (exact) mass is 385 g/mol. The van der Waals surface area contributed by atoms with E-state index in [1.165, 1.54) is 6.33 Å². The quantitative estimate of drug-likeness (QED) is 0.427. The highest BCUT2D eigenvalue weighted by Crippen LogP contribution is 2.27. The number of hydrogen-bond acceptors (Lipinski definition) is 8. The highest BCUT2D eigenvalue weighted by atomic mass is 16.5. The number of rotatable bonds is 9. The maximum Gasteiger partial charge on any atom is 0.357 e. The zero-order valence-corrected chi connectivity index (χ0v) is 16.1. The van der Waals surface area contributed by atoms with Crippen LogP contribution in [0.5, 0.6) is 11.5 Å². The van der Waals surface area contributed by atoms with Gasteiger partial charge in [-0.25, -0.2) is 14.8 Å². The lowest BCUT2D eigenvalue weighted by atomic mass is 10.2. The van der Waals surface area contributed by atoms with Gasteiger partial charge in [0, 0.05) is 18.2 Å². The number of carbonyl (C=O) groups excluding carboxylic acids is 1. The zero-order valence-electron chi connectivity index (χ0n) is 16.1. The second-order valence-electron chi connectivity index (χ2n) is 6.04. The van der Waals surface area contributed by atoms with Crippen molar-refractivity contribution in [1.82, 2.24) is 20.2 Å². The van der Waals surface area contributed by atoms with Crippen molar-refractivity contribution >= 4 is 22.8 Å². The summed E-state index contributed by atoms with van der Waals surface area (Å²) in [5, 5.41) is 10.5. The molecule has 0 fully saturated rings. The van der Waals surface area contributed by atoms with E-state index in [4.69, 9.17) is 14.2 Å². The van der Waals surface area contributed by atoms with Crippen LogP contribution < -0.4 is 14.8 Å². The summed E-state index contributed by atoms with van der Waals surface area (Å²) in [6.07, 6.45) is 3.14. The number of methoxy groups -OCH3 is 2. The Morgan fingerprint density at radius 3 is 2.82 bits per heavy atom. The molecule has 0 aliphatic carbocycles. The van der Waals surface area contributed by atoms with Crippen molar-refractivity contribution in [3.05, 3.63) is 35.8 Å². The number of unbranched alkanes of at least 4 members (excludes halogenated alkanes) is 1. The number of carbonyl (C=O) groups is 1. The van der Waals surface area contributed by atoms with Gasteiger partial charge >= 0.3 is 5.97 Å². The molecule has 3 rings (SSSR count). The molecule has 9 nitrogen and oxygen atoms in total. The van der Waals surface area contributed by atoms with Gasteiger partial charge in [0.15, 0.2) is 11.3 Å². The van der Waals surface area contributed by atoms with Crippen LogP contribution in [0.15, 0.2) is 24.5 Å². The summed E-state index contributed by atoms with van der Waals surface area (Å²) >= 11 is 0. The number of aromatic nitrogens is 4. The van der Waals surface area contributed by atoms with Gasteiger partial charge in [-0.3, -0.25) is 5.10 Å². The van der Waals surface area contributed by atoms with Crippen LogP contribution in [0.25, 0.3) is 11.0 Å². The van der Waals surface area contributed by atoms with Crippen molar-refractivity contribution in [3.63, 3.8) is 0 Å². The molecule has 0 bridgehead atoms. The average molecular weight is 385 g/mol. The summed E-state index contributed by atoms with van der Waals surface area (Å²) in [6, 6.07) is 5.56. The molecular weight excluding hydrogens is 362 g/mol. The molecule has 0 saturated heterocycles. The molecule has 0 saturated carbocycles. The fourth-order valence-electron chi connectivity index (χ4n) is 2.70. The van der Waals surface area contributed by atoms with E-state index in [1.807, 2.05) is 19.1 Å². The van der Waals surface area contributed by atoms with Crippen molar-refractivity contribution in [1.29, 1.82) is 0 Å². The van der Waals surface area contributed by atoms with E-state index in [1.54, 1.807) is 20.3 Å². The Bertz CT molecular complexity index is 957. The Hall–Kier alpha value is -3.36. The van der Waals surface area contributed by atoms with Crippen molar-refractivity contribution in [2.24, 2.45) is 0 Å². The van der Waals surface area contributed by atoms with Gasteiger partial charge in [-0.2, -0.15) is 5.10 Å². The maximum absolute atomic E-state index is 12.4. The fourth-order valence-corrected chi connectivity index (χ4v) is 2.70. The summed E-state index contributed by atoms with van der Waals surface area (Å²) < 4.78 is 15.9. The predicted octanol–water partition coefficient (Wildman–Crippen LogP) is 2.94. The summed E-state index contributed by atoms with van der Waals surface area (Å²) in [6.45, 7) is 2.81. The molecule has 0 amide bonds. The number of aromatic amines is 1.